The van der Waals surface area contributed by atoms with Gasteiger partial charge >= 0.3 is 5.97 Å². The second kappa shape index (κ2) is 7.15. The average Bonchev–Trinajstić information content (AvgIpc) is 2.95. The summed E-state index contributed by atoms with van der Waals surface area (Å²) < 4.78 is 10.6. The molecule has 4 nitrogen and oxygen atoms in total. The fraction of sp³-hybridized carbons (Fsp3) is 0.0526. The van der Waals surface area contributed by atoms with Crippen molar-refractivity contribution in [3.63, 3.8) is 0 Å². The van der Waals surface area contributed by atoms with Crippen LogP contribution in [0.25, 0.3) is 6.08 Å². The minimum Gasteiger partial charge on any atom is -0.490 e. The fourth-order valence-electron chi connectivity index (χ4n) is 2.13. The average molecular weight is 340 g/mol. The first-order chi connectivity index (χ1) is 11.7. The van der Waals surface area contributed by atoms with E-state index in [1.54, 1.807) is 36.4 Å². The number of ether oxygens (including phenoxy) is 2. The van der Waals surface area contributed by atoms with Crippen molar-refractivity contribution in [2.45, 2.75) is 0 Å². The number of benzene rings is 2. The van der Waals surface area contributed by atoms with E-state index in [2.05, 4.69) is 11.6 Å². The standard InChI is InChI=1S/C19H14ClNO3/c1-2-11-23-14-9-7-13(8-10-14)12-17-19(22)24-18(21-17)15-5-3-4-6-16(15)20/h2-10,12H,1,11H2. The molecule has 120 valence electrons. The van der Waals surface area contributed by atoms with Gasteiger partial charge in [0.05, 0.1) is 10.6 Å². The maximum absolute atomic E-state index is 12.0. The number of cyclic esters (lactones) is 1. The molecule has 1 aliphatic heterocycles. The monoisotopic (exact) mass is 339 g/mol. The molecule has 1 aliphatic rings. The van der Waals surface area contributed by atoms with Crippen molar-refractivity contribution in [1.29, 1.82) is 0 Å². The van der Waals surface area contributed by atoms with Crippen molar-refractivity contribution in [2.75, 3.05) is 6.61 Å². The Balaban J connectivity index is 1.83. The van der Waals surface area contributed by atoms with Gasteiger partial charge in [0, 0.05) is 0 Å². The molecule has 0 atom stereocenters. The molecule has 0 fully saturated rings. The highest BCUT2D eigenvalue weighted by Gasteiger charge is 2.25. The number of aliphatic imine (C=N–C) groups is 1. The summed E-state index contributed by atoms with van der Waals surface area (Å²) in [4.78, 5) is 16.2. The van der Waals surface area contributed by atoms with Crippen LogP contribution in [-0.4, -0.2) is 18.5 Å². The van der Waals surface area contributed by atoms with Crippen LogP contribution >= 0.6 is 11.6 Å². The van der Waals surface area contributed by atoms with E-state index in [0.29, 0.717) is 17.2 Å². The third kappa shape index (κ3) is 3.55. The number of hydrogen-bond acceptors (Lipinski definition) is 4. The summed E-state index contributed by atoms with van der Waals surface area (Å²) >= 11 is 6.11. The first kappa shape index (κ1) is 16.0. The minimum atomic E-state index is -0.503. The smallest absolute Gasteiger partial charge is 0.363 e. The molecule has 5 heteroatoms. The normalized spacial score (nSPS) is 15.1. The summed E-state index contributed by atoms with van der Waals surface area (Å²) in [6, 6.07) is 14.4. The lowest BCUT2D eigenvalue weighted by atomic mass is 10.2. The lowest BCUT2D eigenvalue weighted by molar-refractivity contribution is -0.129. The van der Waals surface area contributed by atoms with E-state index < -0.39 is 5.97 Å². The number of hydrogen-bond donors (Lipinski definition) is 0. The molecule has 24 heavy (non-hydrogen) atoms. The number of carbonyl (C=O) groups is 1. The van der Waals surface area contributed by atoms with Crippen LogP contribution in [0.3, 0.4) is 0 Å². The third-order valence-corrected chi connectivity index (χ3v) is 3.61. The number of carbonyl (C=O) groups excluding carboxylic acids is 1. The molecule has 0 N–H and O–H groups in total. The zero-order valence-electron chi connectivity index (χ0n) is 12.7. The zero-order valence-corrected chi connectivity index (χ0v) is 13.5. The Morgan fingerprint density at radius 2 is 1.92 bits per heavy atom. The van der Waals surface area contributed by atoms with E-state index in [9.17, 15) is 4.79 Å². The van der Waals surface area contributed by atoms with Gasteiger partial charge in [-0.15, -0.1) is 0 Å². The molecule has 0 aromatic heterocycles. The number of esters is 1. The van der Waals surface area contributed by atoms with Gasteiger partial charge in [-0.25, -0.2) is 9.79 Å². The minimum absolute atomic E-state index is 0.211. The molecule has 3 rings (SSSR count). The van der Waals surface area contributed by atoms with Crippen LogP contribution in [0.15, 0.2) is 71.9 Å². The van der Waals surface area contributed by atoms with E-state index in [0.717, 1.165) is 11.3 Å². The summed E-state index contributed by atoms with van der Waals surface area (Å²) in [5.74, 6) is 0.436. The maximum atomic E-state index is 12.0. The van der Waals surface area contributed by atoms with Crippen molar-refractivity contribution in [1.82, 2.24) is 0 Å². The van der Waals surface area contributed by atoms with Crippen molar-refractivity contribution < 1.29 is 14.3 Å². The van der Waals surface area contributed by atoms with Gasteiger partial charge in [0.15, 0.2) is 5.70 Å². The van der Waals surface area contributed by atoms with E-state index in [1.807, 2.05) is 24.3 Å². The van der Waals surface area contributed by atoms with Crippen molar-refractivity contribution in [3.05, 3.63) is 83.0 Å². The molecule has 1 heterocycles. The van der Waals surface area contributed by atoms with Crippen LogP contribution in [0.2, 0.25) is 5.02 Å². The van der Waals surface area contributed by atoms with Crippen LogP contribution in [0.5, 0.6) is 5.75 Å². The highest BCUT2D eigenvalue weighted by atomic mass is 35.5. The second-order valence-corrected chi connectivity index (χ2v) is 5.39. The second-order valence-electron chi connectivity index (χ2n) is 4.98. The first-order valence-electron chi connectivity index (χ1n) is 7.28. The van der Waals surface area contributed by atoms with E-state index >= 15 is 0 Å². The maximum Gasteiger partial charge on any atom is 0.363 e. The largest absolute Gasteiger partial charge is 0.490 e. The van der Waals surface area contributed by atoms with E-state index in [-0.39, 0.29) is 11.6 Å². The SMILES string of the molecule is C=CCOc1ccc(C=C2N=C(c3ccccc3Cl)OC2=O)cc1. The van der Waals surface area contributed by atoms with Crippen molar-refractivity contribution >= 4 is 29.5 Å². The van der Waals surface area contributed by atoms with Crippen molar-refractivity contribution in [2.24, 2.45) is 4.99 Å². The van der Waals surface area contributed by atoms with Crippen LogP contribution in [0, 0.1) is 0 Å². The predicted molar refractivity (Wildman–Crippen MR) is 94.2 cm³/mol. The lowest BCUT2D eigenvalue weighted by Gasteiger charge is -2.02. The molecular formula is C19H14ClNO3. The molecule has 0 saturated heterocycles. The van der Waals surface area contributed by atoms with Gasteiger partial charge in [-0.05, 0) is 35.9 Å². The van der Waals surface area contributed by atoms with Gasteiger partial charge < -0.3 is 9.47 Å². The van der Waals surface area contributed by atoms with Gasteiger partial charge in [-0.2, -0.15) is 0 Å². The number of nitrogens with zero attached hydrogens (tertiary/aromatic N) is 1. The number of rotatable bonds is 5. The van der Waals surface area contributed by atoms with E-state index in [1.165, 1.54) is 0 Å². The predicted octanol–water partition coefficient (Wildman–Crippen LogP) is 4.25. The van der Waals surface area contributed by atoms with Crippen LogP contribution in [0.4, 0.5) is 0 Å². The van der Waals surface area contributed by atoms with Gasteiger partial charge in [0.2, 0.25) is 5.90 Å². The van der Waals surface area contributed by atoms with Gasteiger partial charge in [-0.3, -0.25) is 0 Å². The molecule has 0 unspecified atom stereocenters. The molecule has 0 saturated carbocycles. The first-order valence-corrected chi connectivity index (χ1v) is 7.66. The Bertz CT molecular complexity index is 838. The Morgan fingerprint density at radius 1 is 1.17 bits per heavy atom. The van der Waals surface area contributed by atoms with Crippen molar-refractivity contribution in [3.8, 4) is 5.75 Å². The highest BCUT2D eigenvalue weighted by molar-refractivity contribution is 6.34. The van der Waals surface area contributed by atoms with Gasteiger partial charge in [0.1, 0.15) is 12.4 Å². The molecule has 2 aromatic rings. The Kier molecular flexibility index (Phi) is 4.77. The molecule has 2 aromatic carbocycles. The Labute approximate surface area is 144 Å². The molecule has 0 radical (unpaired) electrons. The molecular weight excluding hydrogens is 326 g/mol. The topological polar surface area (TPSA) is 47.9 Å². The fourth-order valence-corrected chi connectivity index (χ4v) is 2.35. The van der Waals surface area contributed by atoms with Crippen LogP contribution in [-0.2, 0) is 9.53 Å². The quantitative estimate of drug-likeness (QED) is 0.465. The Hall–Kier alpha value is -2.85. The van der Waals surface area contributed by atoms with Gasteiger partial charge in [0.25, 0.3) is 0 Å². The zero-order chi connectivity index (χ0) is 16.9. The van der Waals surface area contributed by atoms with Gasteiger partial charge in [-0.1, -0.05) is 48.5 Å². The Morgan fingerprint density at radius 3 is 2.62 bits per heavy atom. The third-order valence-electron chi connectivity index (χ3n) is 3.28. The van der Waals surface area contributed by atoms with E-state index in [4.69, 9.17) is 21.1 Å². The summed E-state index contributed by atoms with van der Waals surface area (Å²) in [6.45, 7) is 4.04. The summed E-state index contributed by atoms with van der Waals surface area (Å²) in [7, 11) is 0. The molecule has 0 bridgehead atoms. The van der Waals surface area contributed by atoms with Crippen LogP contribution < -0.4 is 4.74 Å². The molecule has 0 spiro atoms. The molecule has 0 aliphatic carbocycles. The van der Waals surface area contributed by atoms with Crippen LogP contribution in [0.1, 0.15) is 11.1 Å². The summed E-state index contributed by atoms with van der Waals surface area (Å²) in [6.07, 6.45) is 3.33. The molecule has 0 amide bonds. The summed E-state index contributed by atoms with van der Waals surface area (Å²) in [5.41, 5.74) is 1.63. The number of halogens is 1. The summed E-state index contributed by atoms with van der Waals surface area (Å²) in [5, 5.41) is 0.481. The highest BCUT2D eigenvalue weighted by Crippen LogP contribution is 2.24. The lowest BCUT2D eigenvalue weighted by Crippen LogP contribution is -2.05.